The molecule has 1 unspecified atom stereocenters. The Morgan fingerprint density at radius 1 is 1.36 bits per heavy atom. The van der Waals surface area contributed by atoms with E-state index in [-0.39, 0.29) is 5.92 Å². The van der Waals surface area contributed by atoms with Crippen LogP contribution in [0.5, 0.6) is 0 Å². The van der Waals surface area contributed by atoms with Crippen LogP contribution in [0, 0.1) is 12.8 Å². The second-order valence-corrected chi connectivity index (χ2v) is 7.72. The fourth-order valence-corrected chi connectivity index (χ4v) is 3.79. The molecule has 1 fully saturated rings. The van der Waals surface area contributed by atoms with Crippen molar-refractivity contribution in [3.8, 4) is 11.3 Å². The summed E-state index contributed by atoms with van der Waals surface area (Å²) in [7, 11) is -3.11. The van der Waals surface area contributed by atoms with Crippen LogP contribution < -0.4 is 0 Å². The van der Waals surface area contributed by atoms with Crippen molar-refractivity contribution in [2.24, 2.45) is 5.92 Å². The van der Waals surface area contributed by atoms with Gasteiger partial charge < -0.3 is 0 Å². The maximum atomic E-state index is 11.6. The van der Waals surface area contributed by atoms with E-state index in [0.717, 1.165) is 35.5 Å². The van der Waals surface area contributed by atoms with E-state index in [9.17, 15) is 8.42 Å². The van der Waals surface area contributed by atoms with Crippen LogP contribution in [-0.4, -0.2) is 52.2 Å². The van der Waals surface area contributed by atoms with Crippen molar-refractivity contribution in [2.75, 3.05) is 19.3 Å². The van der Waals surface area contributed by atoms with Crippen LogP contribution in [0.3, 0.4) is 0 Å². The maximum Gasteiger partial charge on any atom is 0.211 e. The van der Waals surface area contributed by atoms with E-state index in [1.165, 1.54) is 10.6 Å². The highest BCUT2D eigenvalue weighted by Crippen LogP contribution is 2.27. The van der Waals surface area contributed by atoms with Gasteiger partial charge in [0.2, 0.25) is 10.0 Å². The van der Waals surface area contributed by atoms with E-state index in [1.54, 1.807) is 18.6 Å². The smallest absolute Gasteiger partial charge is 0.211 e. The minimum atomic E-state index is -3.11. The number of nitrogens with one attached hydrogen (secondary N) is 1. The molecule has 1 N–H and O–H groups in total. The molecular formula is C14H19N5O2S. The van der Waals surface area contributed by atoms with Crippen molar-refractivity contribution in [3.63, 3.8) is 0 Å². The van der Waals surface area contributed by atoms with Crippen molar-refractivity contribution < 1.29 is 8.42 Å². The second kappa shape index (κ2) is 5.77. The Labute approximate surface area is 129 Å². The SMILES string of the molecule is Cc1[nH]ncc1-c1nccnc1CC1CCN(S(C)(=O)=O)C1. The molecule has 1 aliphatic heterocycles. The predicted octanol–water partition coefficient (Wildman–Crippen LogP) is 0.999. The Balaban J connectivity index is 1.81. The molecule has 8 heteroatoms. The molecule has 1 atom stereocenters. The van der Waals surface area contributed by atoms with Gasteiger partial charge in [-0.05, 0) is 25.7 Å². The Morgan fingerprint density at radius 2 is 2.14 bits per heavy atom. The van der Waals surface area contributed by atoms with E-state index >= 15 is 0 Å². The average molecular weight is 321 g/mol. The predicted molar refractivity (Wildman–Crippen MR) is 82.6 cm³/mol. The summed E-state index contributed by atoms with van der Waals surface area (Å²) in [5.41, 5.74) is 3.62. The molecule has 0 aliphatic carbocycles. The number of aromatic nitrogens is 4. The molecule has 1 aliphatic rings. The highest BCUT2D eigenvalue weighted by atomic mass is 32.2. The molecule has 0 saturated carbocycles. The van der Waals surface area contributed by atoms with Crippen LogP contribution in [0.1, 0.15) is 17.8 Å². The number of aromatic amines is 1. The lowest BCUT2D eigenvalue weighted by atomic mass is 9.99. The van der Waals surface area contributed by atoms with Crippen molar-refractivity contribution >= 4 is 10.0 Å². The zero-order valence-corrected chi connectivity index (χ0v) is 13.5. The van der Waals surface area contributed by atoms with Gasteiger partial charge in [-0.15, -0.1) is 0 Å². The van der Waals surface area contributed by atoms with Crippen molar-refractivity contribution in [1.82, 2.24) is 24.5 Å². The zero-order valence-electron chi connectivity index (χ0n) is 12.7. The topological polar surface area (TPSA) is 91.8 Å². The van der Waals surface area contributed by atoms with Crippen LogP contribution >= 0.6 is 0 Å². The van der Waals surface area contributed by atoms with Crippen molar-refractivity contribution in [3.05, 3.63) is 30.0 Å². The van der Waals surface area contributed by atoms with Gasteiger partial charge in [0.25, 0.3) is 0 Å². The van der Waals surface area contributed by atoms with Gasteiger partial charge in [0.05, 0.1) is 23.8 Å². The summed E-state index contributed by atoms with van der Waals surface area (Å²) >= 11 is 0. The number of nitrogens with zero attached hydrogens (tertiary/aromatic N) is 4. The first-order valence-electron chi connectivity index (χ1n) is 7.20. The van der Waals surface area contributed by atoms with E-state index in [0.29, 0.717) is 13.1 Å². The van der Waals surface area contributed by atoms with Crippen LogP contribution in [0.2, 0.25) is 0 Å². The summed E-state index contributed by atoms with van der Waals surface area (Å²) in [5, 5.41) is 6.94. The highest BCUT2D eigenvalue weighted by molar-refractivity contribution is 7.88. The Morgan fingerprint density at radius 3 is 2.77 bits per heavy atom. The lowest BCUT2D eigenvalue weighted by Gasteiger charge is -2.14. The number of H-pyrrole nitrogens is 1. The first-order valence-corrected chi connectivity index (χ1v) is 9.05. The van der Waals surface area contributed by atoms with Gasteiger partial charge in [0.15, 0.2) is 0 Å². The molecular weight excluding hydrogens is 302 g/mol. The fraction of sp³-hybridized carbons (Fsp3) is 0.500. The number of aryl methyl sites for hydroxylation is 1. The third-order valence-corrected chi connectivity index (χ3v) is 5.33. The lowest BCUT2D eigenvalue weighted by Crippen LogP contribution is -2.27. The zero-order chi connectivity index (χ0) is 15.7. The van der Waals surface area contributed by atoms with E-state index < -0.39 is 10.0 Å². The van der Waals surface area contributed by atoms with Gasteiger partial charge in [-0.25, -0.2) is 12.7 Å². The summed E-state index contributed by atoms with van der Waals surface area (Å²) in [6.45, 7) is 3.09. The summed E-state index contributed by atoms with van der Waals surface area (Å²) in [5.74, 6) is 0.275. The number of hydrogen-bond acceptors (Lipinski definition) is 5. The molecule has 118 valence electrons. The van der Waals surface area contributed by atoms with Crippen LogP contribution in [0.15, 0.2) is 18.6 Å². The molecule has 2 aromatic rings. The molecule has 0 amide bonds. The minimum Gasteiger partial charge on any atom is -0.282 e. The molecule has 7 nitrogen and oxygen atoms in total. The van der Waals surface area contributed by atoms with E-state index in [1.807, 2.05) is 6.92 Å². The normalized spacial score (nSPS) is 19.6. The molecule has 3 rings (SSSR count). The largest absolute Gasteiger partial charge is 0.282 e. The Kier molecular flexibility index (Phi) is 3.96. The Hall–Kier alpha value is -1.80. The van der Waals surface area contributed by atoms with E-state index in [4.69, 9.17) is 0 Å². The molecule has 0 bridgehead atoms. The van der Waals surface area contributed by atoms with Gasteiger partial charge in [0.1, 0.15) is 0 Å². The molecule has 0 aromatic carbocycles. The van der Waals surface area contributed by atoms with Gasteiger partial charge in [-0.2, -0.15) is 5.10 Å². The quantitative estimate of drug-likeness (QED) is 0.907. The van der Waals surface area contributed by atoms with Crippen molar-refractivity contribution in [1.29, 1.82) is 0 Å². The molecule has 0 spiro atoms. The average Bonchev–Trinajstić information content (AvgIpc) is 3.08. The lowest BCUT2D eigenvalue weighted by molar-refractivity contribution is 0.459. The third-order valence-electron chi connectivity index (χ3n) is 4.06. The van der Waals surface area contributed by atoms with E-state index in [2.05, 4.69) is 20.2 Å². The number of rotatable bonds is 4. The van der Waals surface area contributed by atoms with Crippen molar-refractivity contribution in [2.45, 2.75) is 19.8 Å². The molecule has 2 aromatic heterocycles. The fourth-order valence-electron chi connectivity index (χ4n) is 2.87. The van der Waals surface area contributed by atoms with Crippen LogP contribution in [0.25, 0.3) is 11.3 Å². The van der Waals surface area contributed by atoms with Crippen LogP contribution in [0.4, 0.5) is 0 Å². The van der Waals surface area contributed by atoms with Gasteiger partial charge in [0, 0.05) is 36.7 Å². The summed E-state index contributed by atoms with van der Waals surface area (Å²) in [6.07, 6.45) is 7.94. The van der Waals surface area contributed by atoms with Crippen LogP contribution in [-0.2, 0) is 16.4 Å². The number of hydrogen-bond donors (Lipinski definition) is 1. The molecule has 22 heavy (non-hydrogen) atoms. The first-order chi connectivity index (χ1) is 10.4. The maximum absolute atomic E-state index is 11.6. The molecule has 0 radical (unpaired) electrons. The summed E-state index contributed by atoms with van der Waals surface area (Å²) in [4.78, 5) is 8.89. The van der Waals surface area contributed by atoms with Gasteiger partial charge in [-0.3, -0.25) is 15.1 Å². The molecule has 3 heterocycles. The number of sulfonamides is 1. The monoisotopic (exact) mass is 321 g/mol. The second-order valence-electron chi connectivity index (χ2n) is 5.74. The highest BCUT2D eigenvalue weighted by Gasteiger charge is 2.29. The standard InChI is InChI=1S/C14H19N5O2S/c1-10-12(8-17-18-10)14-13(15-4-5-16-14)7-11-3-6-19(9-11)22(2,20)21/h4-5,8,11H,3,6-7,9H2,1-2H3,(H,17,18). The minimum absolute atomic E-state index is 0.275. The summed E-state index contributed by atoms with van der Waals surface area (Å²) in [6, 6.07) is 0. The first kappa shape index (κ1) is 15.1. The molecule has 1 saturated heterocycles. The Bertz CT molecular complexity index is 771. The summed E-state index contributed by atoms with van der Waals surface area (Å²) < 4.78 is 24.8. The third kappa shape index (κ3) is 3.02. The van der Waals surface area contributed by atoms with Gasteiger partial charge >= 0.3 is 0 Å². The van der Waals surface area contributed by atoms with Gasteiger partial charge in [-0.1, -0.05) is 0 Å².